The summed E-state index contributed by atoms with van der Waals surface area (Å²) in [5, 5.41) is 7.30. The maximum atomic E-state index is 14.1. The van der Waals surface area contributed by atoms with E-state index in [2.05, 4.69) is 10.4 Å². The van der Waals surface area contributed by atoms with Gasteiger partial charge >= 0.3 is 0 Å². The lowest BCUT2D eigenvalue weighted by Crippen LogP contribution is -2.26. The summed E-state index contributed by atoms with van der Waals surface area (Å²) in [6.07, 6.45) is 1.75. The molecule has 2 aromatic rings. The van der Waals surface area contributed by atoms with E-state index in [1.807, 2.05) is 45.0 Å². The van der Waals surface area contributed by atoms with Gasteiger partial charge in [0.2, 0.25) is 0 Å². The van der Waals surface area contributed by atoms with Crippen molar-refractivity contribution in [2.45, 2.75) is 26.4 Å². The number of hydrogen-bond acceptors (Lipinski definition) is 3. The molecular weight excluding hydrogens is 255 g/mol. The van der Waals surface area contributed by atoms with E-state index in [4.69, 9.17) is 0 Å². The van der Waals surface area contributed by atoms with Crippen molar-refractivity contribution < 1.29 is 4.39 Å². The van der Waals surface area contributed by atoms with Crippen LogP contribution < -0.4 is 10.2 Å². The van der Waals surface area contributed by atoms with Crippen molar-refractivity contribution in [3.8, 4) is 0 Å². The Kier molecular flexibility index (Phi) is 4.27. The molecule has 0 bridgehead atoms. The lowest BCUT2D eigenvalue weighted by molar-refractivity contribution is 0.614. The third-order valence-corrected chi connectivity index (χ3v) is 3.50. The molecule has 5 heteroatoms. The molecule has 0 aliphatic heterocycles. The minimum absolute atomic E-state index is 0.212. The molecule has 0 spiro atoms. The molecule has 20 heavy (non-hydrogen) atoms. The largest absolute Gasteiger partial charge is 0.379 e. The van der Waals surface area contributed by atoms with Crippen LogP contribution in [0.2, 0.25) is 0 Å². The van der Waals surface area contributed by atoms with Crippen LogP contribution in [0.4, 0.5) is 15.8 Å². The van der Waals surface area contributed by atoms with Gasteiger partial charge in [-0.15, -0.1) is 0 Å². The van der Waals surface area contributed by atoms with Crippen molar-refractivity contribution in [1.82, 2.24) is 9.78 Å². The zero-order valence-corrected chi connectivity index (χ0v) is 12.4. The van der Waals surface area contributed by atoms with Crippen LogP contribution in [0.15, 0.2) is 30.5 Å². The Morgan fingerprint density at radius 2 is 2.10 bits per heavy atom. The highest BCUT2D eigenvalue weighted by atomic mass is 19.1. The number of halogens is 1. The number of rotatable bonds is 5. The number of aromatic nitrogens is 2. The zero-order chi connectivity index (χ0) is 14.7. The van der Waals surface area contributed by atoms with E-state index in [1.54, 1.807) is 16.9 Å². The lowest BCUT2D eigenvalue weighted by Gasteiger charge is -2.24. The van der Waals surface area contributed by atoms with Crippen molar-refractivity contribution in [2.24, 2.45) is 7.05 Å². The van der Waals surface area contributed by atoms with Crippen molar-refractivity contribution in [3.05, 3.63) is 42.0 Å². The summed E-state index contributed by atoms with van der Waals surface area (Å²) in [6.45, 7) is 4.69. The molecule has 0 aliphatic rings. The van der Waals surface area contributed by atoms with Crippen LogP contribution in [0, 0.1) is 5.82 Å². The maximum Gasteiger partial charge on any atom is 0.148 e. The molecule has 0 amide bonds. The van der Waals surface area contributed by atoms with Gasteiger partial charge in [0.1, 0.15) is 5.82 Å². The number of nitrogens with one attached hydrogen (secondary N) is 1. The van der Waals surface area contributed by atoms with Crippen molar-refractivity contribution in [3.63, 3.8) is 0 Å². The Morgan fingerprint density at radius 1 is 1.35 bits per heavy atom. The highest BCUT2D eigenvalue weighted by Crippen LogP contribution is 2.23. The minimum Gasteiger partial charge on any atom is -0.379 e. The predicted octanol–water partition coefficient (Wildman–Crippen LogP) is 3.02. The molecule has 0 radical (unpaired) electrons. The van der Waals surface area contributed by atoms with Crippen LogP contribution in [0.3, 0.4) is 0 Å². The summed E-state index contributed by atoms with van der Waals surface area (Å²) < 4.78 is 15.9. The molecule has 0 saturated carbocycles. The number of aryl methyl sites for hydroxylation is 1. The second-order valence-electron chi connectivity index (χ2n) is 5.17. The molecule has 0 fully saturated rings. The SMILES string of the molecule is CC(C)N(C)c1ccc(NCc2ccnn2C)cc1F. The standard InChI is InChI=1S/C15H21FN4/c1-11(2)19(3)15-6-5-12(9-14(15)16)17-10-13-7-8-18-20(13)4/h5-9,11,17H,10H2,1-4H3. The second-order valence-corrected chi connectivity index (χ2v) is 5.17. The van der Waals surface area contributed by atoms with Crippen LogP contribution in [-0.4, -0.2) is 22.9 Å². The van der Waals surface area contributed by atoms with E-state index < -0.39 is 0 Å². The second kappa shape index (κ2) is 5.94. The van der Waals surface area contributed by atoms with Crippen LogP contribution >= 0.6 is 0 Å². The Bertz CT molecular complexity index is 577. The fourth-order valence-corrected chi connectivity index (χ4v) is 1.95. The van der Waals surface area contributed by atoms with Crippen LogP contribution in [0.1, 0.15) is 19.5 Å². The fraction of sp³-hybridized carbons (Fsp3) is 0.400. The first kappa shape index (κ1) is 14.4. The van der Waals surface area contributed by atoms with Gasteiger partial charge in [0.15, 0.2) is 0 Å². The summed E-state index contributed by atoms with van der Waals surface area (Å²) in [4.78, 5) is 1.92. The molecule has 4 nitrogen and oxygen atoms in total. The first-order valence-corrected chi connectivity index (χ1v) is 6.72. The Balaban J connectivity index is 2.07. The van der Waals surface area contributed by atoms with Gasteiger partial charge in [0, 0.05) is 32.0 Å². The molecule has 1 heterocycles. The Morgan fingerprint density at radius 3 is 2.65 bits per heavy atom. The lowest BCUT2D eigenvalue weighted by atomic mass is 10.2. The van der Waals surface area contributed by atoms with Crippen LogP contribution in [0.5, 0.6) is 0 Å². The average Bonchev–Trinajstić information content (AvgIpc) is 2.81. The van der Waals surface area contributed by atoms with Gasteiger partial charge in [0.05, 0.1) is 17.9 Å². The van der Waals surface area contributed by atoms with Gasteiger partial charge in [-0.05, 0) is 38.1 Å². The average molecular weight is 276 g/mol. The summed E-state index contributed by atoms with van der Waals surface area (Å²) in [6, 6.07) is 7.43. The van der Waals surface area contributed by atoms with Crippen LogP contribution in [0.25, 0.3) is 0 Å². The molecule has 1 aromatic carbocycles. The number of nitrogens with zero attached hydrogens (tertiary/aromatic N) is 3. The first-order chi connectivity index (χ1) is 9.49. The summed E-state index contributed by atoms with van der Waals surface area (Å²) in [7, 11) is 3.78. The smallest absolute Gasteiger partial charge is 0.148 e. The molecule has 1 N–H and O–H groups in total. The molecule has 1 aromatic heterocycles. The van der Waals surface area contributed by atoms with E-state index in [0.717, 1.165) is 11.4 Å². The summed E-state index contributed by atoms with van der Waals surface area (Å²) >= 11 is 0. The van der Waals surface area contributed by atoms with E-state index in [9.17, 15) is 4.39 Å². The van der Waals surface area contributed by atoms with Gasteiger partial charge in [-0.1, -0.05) is 0 Å². The number of hydrogen-bond donors (Lipinski definition) is 1. The van der Waals surface area contributed by atoms with E-state index in [0.29, 0.717) is 12.2 Å². The van der Waals surface area contributed by atoms with Crippen molar-refractivity contribution >= 4 is 11.4 Å². The molecule has 2 rings (SSSR count). The number of anilines is 2. The van der Waals surface area contributed by atoms with Crippen LogP contribution in [-0.2, 0) is 13.6 Å². The molecule has 0 atom stereocenters. The third kappa shape index (κ3) is 3.10. The topological polar surface area (TPSA) is 33.1 Å². The van der Waals surface area contributed by atoms with E-state index >= 15 is 0 Å². The molecule has 0 aliphatic carbocycles. The van der Waals surface area contributed by atoms with Crippen molar-refractivity contribution in [2.75, 3.05) is 17.3 Å². The van der Waals surface area contributed by atoms with Gasteiger partial charge in [-0.3, -0.25) is 4.68 Å². The fourth-order valence-electron chi connectivity index (χ4n) is 1.95. The summed E-state index contributed by atoms with van der Waals surface area (Å²) in [5.41, 5.74) is 2.43. The number of benzene rings is 1. The highest BCUT2D eigenvalue weighted by molar-refractivity contribution is 5.56. The monoisotopic (exact) mass is 276 g/mol. The highest BCUT2D eigenvalue weighted by Gasteiger charge is 2.11. The van der Waals surface area contributed by atoms with E-state index in [-0.39, 0.29) is 11.9 Å². The molecule has 0 unspecified atom stereocenters. The van der Waals surface area contributed by atoms with Gasteiger partial charge < -0.3 is 10.2 Å². The zero-order valence-electron chi connectivity index (χ0n) is 12.4. The van der Waals surface area contributed by atoms with Gasteiger partial charge in [-0.25, -0.2) is 4.39 Å². The maximum absolute atomic E-state index is 14.1. The quantitative estimate of drug-likeness (QED) is 0.911. The van der Waals surface area contributed by atoms with Gasteiger partial charge in [-0.2, -0.15) is 5.10 Å². The third-order valence-electron chi connectivity index (χ3n) is 3.50. The predicted molar refractivity (Wildman–Crippen MR) is 80.5 cm³/mol. The summed E-state index contributed by atoms with van der Waals surface area (Å²) in [5.74, 6) is -0.212. The first-order valence-electron chi connectivity index (χ1n) is 6.72. The molecule has 0 saturated heterocycles. The normalized spacial score (nSPS) is 10.9. The molecular formula is C15H21FN4. The Hall–Kier alpha value is -2.04. The molecule has 108 valence electrons. The minimum atomic E-state index is -0.212. The Labute approximate surface area is 119 Å². The van der Waals surface area contributed by atoms with Gasteiger partial charge in [0.25, 0.3) is 0 Å². The van der Waals surface area contributed by atoms with E-state index in [1.165, 1.54) is 6.07 Å². The van der Waals surface area contributed by atoms with Crippen molar-refractivity contribution in [1.29, 1.82) is 0 Å².